The molecule has 0 rings (SSSR count). The Hall–Kier alpha value is -1.43. The Morgan fingerprint density at radius 1 is 1.29 bits per heavy atom. The average Bonchev–Trinajstić information content (AvgIpc) is 2.10. The fourth-order valence-corrected chi connectivity index (χ4v) is 0.839. The van der Waals surface area contributed by atoms with E-state index in [4.69, 9.17) is 10.2 Å². The maximum Gasteiger partial charge on any atom is 0.374 e. The van der Waals surface area contributed by atoms with Crippen LogP contribution in [0.3, 0.4) is 0 Å². The maximum atomic E-state index is 10.8. The van der Waals surface area contributed by atoms with Crippen molar-refractivity contribution in [2.24, 2.45) is 0 Å². The van der Waals surface area contributed by atoms with E-state index in [-0.39, 0.29) is 0 Å². The second kappa shape index (κ2) is 6.09. The summed E-state index contributed by atoms with van der Waals surface area (Å²) >= 11 is 0. The lowest BCUT2D eigenvalue weighted by Crippen LogP contribution is -2.46. The number of rotatable bonds is 7. The quantitative estimate of drug-likeness (QED) is 0.292. The third-order valence-corrected chi connectivity index (χ3v) is 1.60. The Morgan fingerprint density at radius 3 is 2.21 bits per heavy atom. The van der Waals surface area contributed by atoms with Crippen molar-refractivity contribution in [3.8, 4) is 0 Å². The first kappa shape index (κ1) is 12.6. The van der Waals surface area contributed by atoms with Crippen LogP contribution in [0.2, 0.25) is 0 Å². The summed E-state index contributed by atoms with van der Waals surface area (Å²) in [4.78, 5) is 31.6. The zero-order chi connectivity index (χ0) is 11.1. The summed E-state index contributed by atoms with van der Waals surface area (Å²) in [6, 6.07) is -1.64. The van der Waals surface area contributed by atoms with Gasteiger partial charge in [0.05, 0.1) is 0 Å². The summed E-state index contributed by atoms with van der Waals surface area (Å²) in [5, 5.41) is 19.2. The minimum Gasteiger partial charge on any atom is -0.480 e. The number of hydrogen-bond acceptors (Lipinski definition) is 4. The number of unbranched alkanes of at least 4 members (excludes halogenated alkanes) is 1. The summed E-state index contributed by atoms with van der Waals surface area (Å²) in [5.41, 5.74) is 0. The van der Waals surface area contributed by atoms with Crippen molar-refractivity contribution < 1.29 is 24.6 Å². The van der Waals surface area contributed by atoms with Crippen molar-refractivity contribution in [1.29, 1.82) is 0 Å². The van der Waals surface area contributed by atoms with Crippen molar-refractivity contribution in [2.45, 2.75) is 25.8 Å². The van der Waals surface area contributed by atoms with Crippen LogP contribution in [0.5, 0.6) is 0 Å². The minimum atomic E-state index is -1.73. The van der Waals surface area contributed by atoms with E-state index < -0.39 is 23.8 Å². The molecule has 0 saturated heterocycles. The van der Waals surface area contributed by atoms with E-state index in [1.54, 1.807) is 0 Å². The largest absolute Gasteiger partial charge is 0.480 e. The minimum absolute atomic E-state index is 0.312. The van der Waals surface area contributed by atoms with Gasteiger partial charge < -0.3 is 10.2 Å². The molecule has 0 aromatic rings. The molecule has 0 aliphatic rings. The van der Waals surface area contributed by atoms with Gasteiger partial charge >= 0.3 is 11.9 Å². The fourth-order valence-electron chi connectivity index (χ4n) is 0.839. The van der Waals surface area contributed by atoms with Gasteiger partial charge in [0.2, 0.25) is 0 Å². The lowest BCUT2D eigenvalue weighted by atomic mass is 10.2. The van der Waals surface area contributed by atoms with Gasteiger partial charge in [-0.1, -0.05) is 13.3 Å². The number of ketones is 1. The molecule has 3 N–H and O–H groups in total. The van der Waals surface area contributed by atoms with E-state index in [9.17, 15) is 14.4 Å². The van der Waals surface area contributed by atoms with Crippen LogP contribution in [-0.2, 0) is 14.4 Å². The van der Waals surface area contributed by atoms with Gasteiger partial charge in [-0.05, 0) is 13.0 Å². The van der Waals surface area contributed by atoms with Gasteiger partial charge in [0.15, 0.2) is 6.04 Å². The Morgan fingerprint density at radius 2 is 1.86 bits per heavy atom. The second-order valence-corrected chi connectivity index (χ2v) is 2.75. The molecule has 0 aromatic heterocycles. The highest BCUT2D eigenvalue weighted by Gasteiger charge is 2.30. The van der Waals surface area contributed by atoms with Crippen molar-refractivity contribution in [3.63, 3.8) is 0 Å². The number of carbonyl (C=O) groups is 3. The number of aliphatic carboxylic acids is 2. The SMILES string of the molecule is CCCCNC(C(=O)O)C(=O)C(=O)O. The molecule has 0 fully saturated rings. The number of carboxylic acids is 2. The summed E-state index contributed by atoms with van der Waals surface area (Å²) in [6.07, 6.45) is 1.53. The van der Waals surface area contributed by atoms with Crippen LogP contribution in [0.15, 0.2) is 0 Å². The normalized spacial score (nSPS) is 12.1. The average molecular weight is 203 g/mol. The van der Waals surface area contributed by atoms with E-state index in [1.807, 2.05) is 6.92 Å². The monoisotopic (exact) mass is 203 g/mol. The van der Waals surface area contributed by atoms with E-state index in [1.165, 1.54) is 0 Å². The van der Waals surface area contributed by atoms with Gasteiger partial charge in [0, 0.05) is 0 Å². The van der Waals surface area contributed by atoms with Gasteiger partial charge in [0.25, 0.3) is 5.78 Å². The Kier molecular flexibility index (Phi) is 5.47. The Balaban J connectivity index is 4.23. The molecule has 0 radical (unpaired) electrons. The predicted octanol–water partition coefficient (Wildman–Crippen LogP) is -0.517. The first-order valence-corrected chi connectivity index (χ1v) is 4.24. The number of carbonyl (C=O) groups excluding carboxylic acids is 1. The van der Waals surface area contributed by atoms with E-state index in [0.29, 0.717) is 13.0 Å². The molecule has 6 heteroatoms. The number of nitrogens with one attached hydrogen (secondary N) is 1. The van der Waals surface area contributed by atoms with Crippen LogP contribution >= 0.6 is 0 Å². The Labute approximate surface area is 80.9 Å². The van der Waals surface area contributed by atoms with Gasteiger partial charge in [-0.3, -0.25) is 14.9 Å². The van der Waals surface area contributed by atoms with Crippen LogP contribution in [0.4, 0.5) is 0 Å². The smallest absolute Gasteiger partial charge is 0.374 e. The third kappa shape index (κ3) is 3.99. The molecule has 0 bridgehead atoms. The molecular weight excluding hydrogens is 190 g/mol. The zero-order valence-electron chi connectivity index (χ0n) is 7.82. The topological polar surface area (TPSA) is 104 Å². The van der Waals surface area contributed by atoms with E-state index in [2.05, 4.69) is 5.32 Å². The predicted molar refractivity (Wildman–Crippen MR) is 47.0 cm³/mol. The maximum absolute atomic E-state index is 10.8. The molecule has 80 valence electrons. The molecule has 6 nitrogen and oxygen atoms in total. The van der Waals surface area contributed by atoms with Crippen molar-refractivity contribution in [2.75, 3.05) is 6.54 Å². The fraction of sp³-hybridized carbons (Fsp3) is 0.625. The van der Waals surface area contributed by atoms with Crippen LogP contribution < -0.4 is 5.32 Å². The Bertz CT molecular complexity index is 238. The lowest BCUT2D eigenvalue weighted by Gasteiger charge is -2.09. The molecule has 14 heavy (non-hydrogen) atoms. The van der Waals surface area contributed by atoms with Crippen LogP contribution in [-0.4, -0.2) is 40.5 Å². The molecule has 1 atom stereocenters. The van der Waals surface area contributed by atoms with Gasteiger partial charge in [0.1, 0.15) is 0 Å². The molecule has 1 unspecified atom stereocenters. The third-order valence-electron chi connectivity index (χ3n) is 1.60. The first-order chi connectivity index (χ1) is 6.50. The summed E-state index contributed by atoms with van der Waals surface area (Å²) < 4.78 is 0. The summed E-state index contributed by atoms with van der Waals surface area (Å²) in [7, 11) is 0. The molecule has 0 amide bonds. The highest BCUT2D eigenvalue weighted by molar-refractivity contribution is 6.38. The van der Waals surface area contributed by atoms with Crippen molar-refractivity contribution in [1.82, 2.24) is 5.32 Å². The van der Waals surface area contributed by atoms with Crippen LogP contribution in [0.1, 0.15) is 19.8 Å². The van der Waals surface area contributed by atoms with Crippen molar-refractivity contribution in [3.05, 3.63) is 0 Å². The van der Waals surface area contributed by atoms with E-state index >= 15 is 0 Å². The lowest BCUT2D eigenvalue weighted by molar-refractivity contribution is -0.155. The van der Waals surface area contributed by atoms with E-state index in [0.717, 1.165) is 6.42 Å². The standard InChI is InChI=1S/C8H13NO5/c1-2-3-4-9-5(7(11)12)6(10)8(13)14/h5,9H,2-4H2,1H3,(H,11,12)(H,13,14). The molecular formula is C8H13NO5. The van der Waals surface area contributed by atoms with Crippen LogP contribution in [0, 0.1) is 0 Å². The molecule has 0 aliphatic carbocycles. The van der Waals surface area contributed by atoms with Crippen molar-refractivity contribution >= 4 is 17.7 Å². The number of Topliss-reactive ketones (excluding diaryl/α,β-unsaturated/α-hetero) is 1. The molecule has 0 aliphatic heterocycles. The van der Waals surface area contributed by atoms with Gasteiger partial charge in [-0.15, -0.1) is 0 Å². The zero-order valence-corrected chi connectivity index (χ0v) is 7.82. The van der Waals surface area contributed by atoms with Crippen LogP contribution in [0.25, 0.3) is 0 Å². The molecule has 0 aromatic carbocycles. The number of carboxylic acid groups (broad SMARTS) is 2. The molecule has 0 spiro atoms. The first-order valence-electron chi connectivity index (χ1n) is 4.24. The summed E-state index contributed by atoms with van der Waals surface area (Å²) in [6.45, 7) is 2.21. The number of hydrogen-bond donors (Lipinski definition) is 3. The van der Waals surface area contributed by atoms with Gasteiger partial charge in [-0.25, -0.2) is 4.79 Å². The highest BCUT2D eigenvalue weighted by atomic mass is 16.4. The summed E-state index contributed by atoms with van der Waals surface area (Å²) in [5.74, 6) is -4.54. The molecule has 0 heterocycles. The molecule has 0 saturated carbocycles. The second-order valence-electron chi connectivity index (χ2n) is 2.75. The van der Waals surface area contributed by atoms with Gasteiger partial charge in [-0.2, -0.15) is 0 Å². The highest BCUT2D eigenvalue weighted by Crippen LogP contribution is 1.90.